The van der Waals surface area contributed by atoms with Gasteiger partial charge in [0.2, 0.25) is 0 Å². The van der Waals surface area contributed by atoms with E-state index < -0.39 is 11.6 Å². The standard InChI is InChI=1S/C19H26N4O3/c1-14-8-10-19(11-9-14)17(25)23(18(26)20-19)21-16(24)13-22(2)12-15-6-4-3-5-7-15/h3-7,14H,8-13H2,1-2H3,(H,20,26)(H,21,24)/p+1. The Morgan fingerprint density at radius 2 is 1.92 bits per heavy atom. The van der Waals surface area contributed by atoms with Gasteiger partial charge in [-0.2, -0.15) is 5.01 Å². The highest BCUT2D eigenvalue weighted by Gasteiger charge is 2.52. The molecule has 1 aromatic rings. The van der Waals surface area contributed by atoms with Crippen molar-refractivity contribution in [3.05, 3.63) is 35.9 Å². The van der Waals surface area contributed by atoms with Crippen LogP contribution in [0.3, 0.4) is 0 Å². The molecule has 2 fully saturated rings. The third-order valence-corrected chi connectivity index (χ3v) is 5.34. The van der Waals surface area contributed by atoms with Crippen LogP contribution in [0.5, 0.6) is 0 Å². The van der Waals surface area contributed by atoms with Crippen LogP contribution in [0.2, 0.25) is 0 Å². The fraction of sp³-hybridized carbons (Fsp3) is 0.526. The van der Waals surface area contributed by atoms with Gasteiger partial charge in [-0.25, -0.2) is 4.79 Å². The van der Waals surface area contributed by atoms with Crippen LogP contribution in [0.25, 0.3) is 0 Å². The zero-order valence-electron chi connectivity index (χ0n) is 15.4. The molecule has 1 aromatic carbocycles. The predicted molar refractivity (Wildman–Crippen MR) is 95.8 cm³/mol. The Balaban J connectivity index is 1.55. The molecule has 3 N–H and O–H groups in total. The second kappa shape index (κ2) is 7.45. The first-order chi connectivity index (χ1) is 12.4. The molecule has 0 bridgehead atoms. The summed E-state index contributed by atoms with van der Waals surface area (Å²) in [6, 6.07) is 9.35. The third-order valence-electron chi connectivity index (χ3n) is 5.34. The van der Waals surface area contributed by atoms with Crippen LogP contribution >= 0.6 is 0 Å². The van der Waals surface area contributed by atoms with E-state index in [0.717, 1.165) is 28.3 Å². The molecule has 3 rings (SSSR count). The van der Waals surface area contributed by atoms with Crippen molar-refractivity contribution in [3.8, 4) is 0 Å². The number of rotatable bonds is 5. The lowest BCUT2D eigenvalue weighted by atomic mass is 9.77. The van der Waals surface area contributed by atoms with Crippen molar-refractivity contribution < 1.29 is 19.3 Å². The second-order valence-corrected chi connectivity index (χ2v) is 7.67. The average molecular weight is 359 g/mol. The van der Waals surface area contributed by atoms with Crippen LogP contribution in [0.4, 0.5) is 4.79 Å². The molecule has 4 amide bonds. The van der Waals surface area contributed by atoms with Gasteiger partial charge in [-0.3, -0.25) is 15.0 Å². The molecular formula is C19H27N4O3+. The van der Waals surface area contributed by atoms with E-state index in [1.807, 2.05) is 37.4 Å². The van der Waals surface area contributed by atoms with Crippen LogP contribution in [-0.2, 0) is 16.1 Å². The Kier molecular flexibility index (Phi) is 5.27. The molecule has 0 aromatic heterocycles. The van der Waals surface area contributed by atoms with Gasteiger partial charge < -0.3 is 10.2 Å². The molecule has 1 saturated heterocycles. The zero-order valence-corrected chi connectivity index (χ0v) is 15.4. The van der Waals surface area contributed by atoms with Gasteiger partial charge in [0.15, 0.2) is 6.54 Å². The monoisotopic (exact) mass is 359 g/mol. The van der Waals surface area contributed by atoms with Crippen LogP contribution in [0, 0.1) is 5.92 Å². The molecule has 1 saturated carbocycles. The van der Waals surface area contributed by atoms with E-state index in [1.54, 1.807) is 0 Å². The first-order valence-corrected chi connectivity index (χ1v) is 9.21. The Hall–Kier alpha value is -2.41. The minimum atomic E-state index is -0.834. The Labute approximate surface area is 153 Å². The lowest BCUT2D eigenvalue weighted by Gasteiger charge is -2.33. The Morgan fingerprint density at radius 3 is 2.58 bits per heavy atom. The summed E-state index contributed by atoms with van der Waals surface area (Å²) >= 11 is 0. The van der Waals surface area contributed by atoms with E-state index in [0.29, 0.717) is 25.3 Å². The third kappa shape index (κ3) is 3.88. The molecule has 2 aliphatic rings. The molecule has 1 aliphatic carbocycles. The van der Waals surface area contributed by atoms with E-state index in [-0.39, 0.29) is 18.4 Å². The van der Waals surface area contributed by atoms with Crippen LogP contribution in [-0.4, -0.2) is 42.0 Å². The maximum atomic E-state index is 12.7. The number of carbonyl (C=O) groups excluding carboxylic acids is 3. The summed E-state index contributed by atoms with van der Waals surface area (Å²) in [5.74, 6) is -0.115. The van der Waals surface area contributed by atoms with E-state index in [1.165, 1.54) is 0 Å². The molecular weight excluding hydrogens is 332 g/mol. The Bertz CT molecular complexity index is 683. The minimum absolute atomic E-state index is 0.177. The van der Waals surface area contributed by atoms with Gasteiger partial charge in [-0.15, -0.1) is 0 Å². The van der Waals surface area contributed by atoms with Gasteiger partial charge >= 0.3 is 6.03 Å². The highest BCUT2D eigenvalue weighted by molar-refractivity contribution is 6.08. The van der Waals surface area contributed by atoms with E-state index >= 15 is 0 Å². The highest BCUT2D eigenvalue weighted by atomic mass is 16.2. The Morgan fingerprint density at radius 1 is 1.27 bits per heavy atom. The largest absolute Gasteiger partial charge is 0.344 e. The van der Waals surface area contributed by atoms with Crippen molar-refractivity contribution in [1.29, 1.82) is 0 Å². The molecule has 7 heteroatoms. The predicted octanol–water partition coefficient (Wildman–Crippen LogP) is 0.233. The molecule has 1 aliphatic heterocycles. The summed E-state index contributed by atoms with van der Waals surface area (Å²) in [4.78, 5) is 38.2. The number of carbonyl (C=O) groups is 3. The molecule has 140 valence electrons. The number of hydrazine groups is 1. The van der Waals surface area contributed by atoms with Gasteiger partial charge in [0.25, 0.3) is 11.8 Å². The van der Waals surface area contributed by atoms with Crippen LogP contribution in [0.15, 0.2) is 30.3 Å². The lowest BCUT2D eigenvalue weighted by Crippen LogP contribution is -3.09. The summed E-state index contributed by atoms with van der Waals surface area (Å²) < 4.78 is 0. The molecule has 1 heterocycles. The number of nitrogens with zero attached hydrogens (tertiary/aromatic N) is 1. The summed E-state index contributed by atoms with van der Waals surface area (Å²) in [5, 5.41) is 3.67. The van der Waals surface area contributed by atoms with Gasteiger partial charge in [-0.05, 0) is 31.6 Å². The molecule has 1 unspecified atom stereocenters. The average Bonchev–Trinajstić information content (AvgIpc) is 2.83. The van der Waals surface area contributed by atoms with Gasteiger partial charge in [0.1, 0.15) is 12.1 Å². The minimum Gasteiger partial charge on any atom is -0.326 e. The molecule has 1 atom stereocenters. The van der Waals surface area contributed by atoms with Gasteiger partial charge in [-0.1, -0.05) is 37.3 Å². The number of amides is 4. The van der Waals surface area contributed by atoms with E-state index in [2.05, 4.69) is 17.7 Å². The first-order valence-electron chi connectivity index (χ1n) is 9.21. The molecule has 0 radical (unpaired) electrons. The number of hydrogen-bond donors (Lipinski definition) is 3. The summed E-state index contributed by atoms with van der Waals surface area (Å²) in [6.45, 7) is 3.02. The fourth-order valence-corrected chi connectivity index (χ4v) is 3.76. The number of urea groups is 1. The van der Waals surface area contributed by atoms with Gasteiger partial charge in [0, 0.05) is 5.56 Å². The van der Waals surface area contributed by atoms with Crippen molar-refractivity contribution in [2.24, 2.45) is 5.92 Å². The normalized spacial score (nSPS) is 26.7. The van der Waals surface area contributed by atoms with Crippen molar-refractivity contribution in [2.75, 3.05) is 13.6 Å². The zero-order chi connectivity index (χ0) is 18.7. The summed E-state index contributed by atoms with van der Waals surface area (Å²) in [7, 11) is 1.91. The lowest BCUT2D eigenvalue weighted by molar-refractivity contribution is -0.885. The molecule has 26 heavy (non-hydrogen) atoms. The summed E-state index contributed by atoms with van der Waals surface area (Å²) in [6.07, 6.45) is 3.06. The van der Waals surface area contributed by atoms with E-state index in [9.17, 15) is 14.4 Å². The fourth-order valence-electron chi connectivity index (χ4n) is 3.76. The van der Waals surface area contributed by atoms with E-state index in [4.69, 9.17) is 0 Å². The number of quaternary nitrogens is 1. The van der Waals surface area contributed by atoms with Crippen molar-refractivity contribution in [2.45, 2.75) is 44.7 Å². The van der Waals surface area contributed by atoms with Crippen LogP contribution < -0.4 is 15.6 Å². The first kappa shape index (κ1) is 18.4. The number of benzene rings is 1. The van der Waals surface area contributed by atoms with Gasteiger partial charge in [0.05, 0.1) is 7.05 Å². The number of likely N-dealkylation sites (N-methyl/N-ethyl adjacent to an activating group) is 1. The quantitative estimate of drug-likeness (QED) is 0.659. The smallest absolute Gasteiger partial charge is 0.326 e. The maximum absolute atomic E-state index is 12.7. The molecule has 7 nitrogen and oxygen atoms in total. The number of nitrogens with one attached hydrogen (secondary N) is 3. The SMILES string of the molecule is CC1CCC2(CC1)NC(=O)N(NC(=O)C[NH+](C)Cc1ccccc1)C2=O. The van der Waals surface area contributed by atoms with Crippen molar-refractivity contribution in [3.63, 3.8) is 0 Å². The topological polar surface area (TPSA) is 83.0 Å². The maximum Gasteiger partial charge on any atom is 0.344 e. The van der Waals surface area contributed by atoms with Crippen molar-refractivity contribution >= 4 is 17.8 Å². The van der Waals surface area contributed by atoms with Crippen LogP contribution in [0.1, 0.15) is 38.2 Å². The second-order valence-electron chi connectivity index (χ2n) is 7.67. The number of hydrogen-bond acceptors (Lipinski definition) is 3. The molecule has 1 spiro atoms. The number of imide groups is 1. The summed E-state index contributed by atoms with van der Waals surface area (Å²) in [5.41, 5.74) is 2.78. The highest BCUT2D eigenvalue weighted by Crippen LogP contribution is 2.35. The van der Waals surface area contributed by atoms with Crippen molar-refractivity contribution in [1.82, 2.24) is 15.8 Å².